The van der Waals surface area contributed by atoms with Crippen molar-refractivity contribution in [1.82, 2.24) is 14.3 Å². The van der Waals surface area contributed by atoms with E-state index in [4.69, 9.17) is 0 Å². The van der Waals surface area contributed by atoms with Crippen LogP contribution in [0.15, 0.2) is 39.3 Å². The fourth-order valence-electron chi connectivity index (χ4n) is 3.55. The minimum Gasteiger partial charge on any atom is -0.308 e. The van der Waals surface area contributed by atoms with Crippen LogP contribution in [-0.2, 0) is 29.4 Å². The highest BCUT2D eigenvalue weighted by molar-refractivity contribution is 7.89. The van der Waals surface area contributed by atoms with Gasteiger partial charge in [-0.25, -0.2) is 13.4 Å². The SMILES string of the molecule is CCCN(Cc1nc2ccsc2c(=O)[nH]1)S(=O)(=O)c1ccc2c(c1)CCC2. The molecule has 0 fully saturated rings. The molecule has 0 amide bonds. The van der Waals surface area contributed by atoms with E-state index in [1.165, 1.54) is 21.2 Å². The van der Waals surface area contributed by atoms with Crippen molar-refractivity contribution in [3.8, 4) is 0 Å². The number of nitrogens with zero attached hydrogens (tertiary/aromatic N) is 2. The predicted octanol–water partition coefficient (Wildman–Crippen LogP) is 3.07. The molecule has 0 spiro atoms. The Bertz CT molecular complexity index is 1150. The topological polar surface area (TPSA) is 83.1 Å². The monoisotopic (exact) mass is 403 g/mol. The molecule has 4 rings (SSSR count). The number of sulfonamides is 1. The molecule has 0 radical (unpaired) electrons. The van der Waals surface area contributed by atoms with Gasteiger partial charge in [0, 0.05) is 6.54 Å². The van der Waals surface area contributed by atoms with Gasteiger partial charge < -0.3 is 4.98 Å². The van der Waals surface area contributed by atoms with Gasteiger partial charge >= 0.3 is 0 Å². The summed E-state index contributed by atoms with van der Waals surface area (Å²) in [5, 5.41) is 1.81. The largest absolute Gasteiger partial charge is 0.308 e. The Morgan fingerprint density at radius 2 is 2.04 bits per heavy atom. The second-order valence-corrected chi connectivity index (χ2v) is 9.62. The van der Waals surface area contributed by atoms with E-state index in [9.17, 15) is 13.2 Å². The predicted molar refractivity (Wildman–Crippen MR) is 107 cm³/mol. The van der Waals surface area contributed by atoms with Crippen molar-refractivity contribution in [2.45, 2.75) is 44.0 Å². The highest BCUT2D eigenvalue weighted by Crippen LogP contribution is 2.27. The summed E-state index contributed by atoms with van der Waals surface area (Å²) >= 11 is 1.33. The van der Waals surface area contributed by atoms with Crippen LogP contribution in [0.2, 0.25) is 0 Å². The summed E-state index contributed by atoms with van der Waals surface area (Å²) in [5.74, 6) is 0.365. The molecule has 2 heterocycles. The first kappa shape index (κ1) is 18.3. The molecule has 8 heteroatoms. The van der Waals surface area contributed by atoms with Gasteiger partial charge in [0.25, 0.3) is 5.56 Å². The summed E-state index contributed by atoms with van der Waals surface area (Å²) in [5.41, 5.74) is 2.74. The third kappa shape index (κ3) is 3.44. The summed E-state index contributed by atoms with van der Waals surface area (Å²) < 4.78 is 28.4. The van der Waals surface area contributed by atoms with Crippen LogP contribution in [0.1, 0.15) is 36.7 Å². The number of aromatic amines is 1. The van der Waals surface area contributed by atoms with Gasteiger partial charge in [-0.05, 0) is 60.4 Å². The Morgan fingerprint density at radius 1 is 1.22 bits per heavy atom. The van der Waals surface area contributed by atoms with Crippen LogP contribution in [-0.4, -0.2) is 29.2 Å². The zero-order valence-electron chi connectivity index (χ0n) is 15.1. The molecule has 0 bridgehead atoms. The summed E-state index contributed by atoms with van der Waals surface area (Å²) in [6.07, 6.45) is 3.69. The number of benzene rings is 1. The van der Waals surface area contributed by atoms with E-state index in [-0.39, 0.29) is 12.1 Å². The minimum atomic E-state index is -3.66. The number of fused-ring (bicyclic) bond motifs is 2. The highest BCUT2D eigenvalue weighted by atomic mass is 32.2. The number of nitrogens with one attached hydrogen (secondary N) is 1. The average molecular weight is 404 g/mol. The summed E-state index contributed by atoms with van der Waals surface area (Å²) in [6, 6.07) is 7.20. The van der Waals surface area contributed by atoms with Gasteiger partial charge in [0.1, 0.15) is 10.5 Å². The lowest BCUT2D eigenvalue weighted by atomic mass is 10.1. The van der Waals surface area contributed by atoms with Crippen molar-refractivity contribution >= 4 is 31.6 Å². The fraction of sp³-hybridized carbons (Fsp3) is 0.368. The van der Waals surface area contributed by atoms with E-state index < -0.39 is 10.0 Å². The first-order valence-corrected chi connectivity index (χ1v) is 11.4. The van der Waals surface area contributed by atoms with Crippen LogP contribution < -0.4 is 5.56 Å². The number of rotatable bonds is 6. The second-order valence-electron chi connectivity index (χ2n) is 6.77. The molecule has 6 nitrogen and oxygen atoms in total. The van der Waals surface area contributed by atoms with Crippen LogP contribution in [0.3, 0.4) is 0 Å². The van der Waals surface area contributed by atoms with Crippen molar-refractivity contribution in [2.75, 3.05) is 6.54 Å². The minimum absolute atomic E-state index is 0.0499. The van der Waals surface area contributed by atoms with E-state index in [1.807, 2.05) is 18.4 Å². The molecule has 1 N–H and O–H groups in total. The number of hydrogen-bond donors (Lipinski definition) is 1. The molecule has 1 aromatic carbocycles. The Kier molecular flexibility index (Phi) is 4.88. The Balaban J connectivity index is 1.69. The van der Waals surface area contributed by atoms with E-state index in [0.29, 0.717) is 33.9 Å². The van der Waals surface area contributed by atoms with E-state index >= 15 is 0 Å². The van der Waals surface area contributed by atoms with Gasteiger partial charge in [-0.1, -0.05) is 13.0 Å². The maximum absolute atomic E-state index is 13.2. The molecule has 1 aliphatic rings. The normalized spacial score (nSPS) is 14.1. The zero-order chi connectivity index (χ0) is 19.0. The lowest BCUT2D eigenvalue weighted by molar-refractivity contribution is 0.397. The van der Waals surface area contributed by atoms with E-state index in [0.717, 1.165) is 24.8 Å². The van der Waals surface area contributed by atoms with Crippen molar-refractivity contribution in [3.05, 3.63) is 57.0 Å². The Hall–Kier alpha value is -2.03. The van der Waals surface area contributed by atoms with Crippen molar-refractivity contribution in [3.63, 3.8) is 0 Å². The van der Waals surface area contributed by atoms with Crippen LogP contribution in [0.5, 0.6) is 0 Å². The number of aryl methyl sites for hydroxylation is 2. The van der Waals surface area contributed by atoms with Crippen LogP contribution in [0.25, 0.3) is 10.2 Å². The van der Waals surface area contributed by atoms with E-state index in [2.05, 4.69) is 9.97 Å². The van der Waals surface area contributed by atoms with Crippen molar-refractivity contribution < 1.29 is 8.42 Å². The Morgan fingerprint density at radius 3 is 2.85 bits per heavy atom. The van der Waals surface area contributed by atoms with Crippen LogP contribution in [0, 0.1) is 0 Å². The number of H-pyrrole nitrogens is 1. The first-order chi connectivity index (χ1) is 13.0. The smallest absolute Gasteiger partial charge is 0.268 e. The quantitative estimate of drug-likeness (QED) is 0.686. The van der Waals surface area contributed by atoms with Gasteiger partial charge in [-0.3, -0.25) is 4.79 Å². The van der Waals surface area contributed by atoms with Crippen molar-refractivity contribution in [1.29, 1.82) is 0 Å². The molecule has 2 aromatic heterocycles. The van der Waals surface area contributed by atoms with Gasteiger partial charge in [-0.2, -0.15) is 4.31 Å². The molecule has 27 heavy (non-hydrogen) atoms. The van der Waals surface area contributed by atoms with Gasteiger partial charge in [0.15, 0.2) is 0 Å². The molecule has 3 aromatic rings. The fourth-order valence-corrected chi connectivity index (χ4v) is 5.82. The molecule has 1 aliphatic carbocycles. The molecule has 142 valence electrons. The maximum atomic E-state index is 13.2. The van der Waals surface area contributed by atoms with Crippen LogP contribution >= 0.6 is 11.3 Å². The molecule has 0 unspecified atom stereocenters. The molecule has 0 saturated carbocycles. The summed E-state index contributed by atoms with van der Waals surface area (Å²) in [4.78, 5) is 19.7. The van der Waals surface area contributed by atoms with Gasteiger partial charge in [0.2, 0.25) is 10.0 Å². The average Bonchev–Trinajstić information content (AvgIpc) is 3.29. The van der Waals surface area contributed by atoms with Gasteiger partial charge in [0.05, 0.1) is 17.0 Å². The molecular formula is C19H21N3O3S2. The molecule has 0 saturated heterocycles. The first-order valence-electron chi connectivity index (χ1n) is 9.07. The third-order valence-electron chi connectivity index (χ3n) is 4.87. The number of aromatic nitrogens is 2. The number of thiophene rings is 1. The second kappa shape index (κ2) is 7.18. The summed E-state index contributed by atoms with van der Waals surface area (Å²) in [7, 11) is -3.66. The number of hydrogen-bond acceptors (Lipinski definition) is 5. The zero-order valence-corrected chi connectivity index (χ0v) is 16.7. The Labute approximate surface area is 161 Å². The maximum Gasteiger partial charge on any atom is 0.268 e. The van der Waals surface area contributed by atoms with E-state index in [1.54, 1.807) is 18.2 Å². The van der Waals surface area contributed by atoms with Crippen molar-refractivity contribution in [2.24, 2.45) is 0 Å². The summed E-state index contributed by atoms with van der Waals surface area (Å²) in [6.45, 7) is 2.35. The lowest BCUT2D eigenvalue weighted by Gasteiger charge is -2.21. The molecule has 0 atom stereocenters. The van der Waals surface area contributed by atoms with Gasteiger partial charge in [-0.15, -0.1) is 11.3 Å². The lowest BCUT2D eigenvalue weighted by Crippen LogP contribution is -2.33. The highest BCUT2D eigenvalue weighted by Gasteiger charge is 2.26. The molecule has 0 aliphatic heterocycles. The molecular weight excluding hydrogens is 382 g/mol. The third-order valence-corrected chi connectivity index (χ3v) is 7.61. The van der Waals surface area contributed by atoms with Crippen LogP contribution in [0.4, 0.5) is 0 Å². The standard InChI is InChI=1S/C19H21N3O3S2/c1-2-9-22(12-17-20-16-8-10-26-18(16)19(23)21-17)27(24,25)15-7-6-13-4-3-5-14(13)11-15/h6-8,10-11H,2-5,9,12H2,1H3,(H,20,21,23).